The monoisotopic (exact) mass is 551 g/mol. The summed E-state index contributed by atoms with van der Waals surface area (Å²) in [5.74, 6) is -25.5. The van der Waals surface area contributed by atoms with Gasteiger partial charge >= 0.3 is 0 Å². The first-order chi connectivity index (χ1) is 17.3. The van der Waals surface area contributed by atoms with Gasteiger partial charge in [-0.1, -0.05) is 24.3 Å². The topological polar surface area (TPSA) is 0 Å². The molecule has 4 aromatic rings. The Hall–Kier alpha value is -3.43. The third-order valence-electron chi connectivity index (χ3n) is 6.13. The Bertz CT molecular complexity index is 1330. The first-order valence-corrected chi connectivity index (χ1v) is 12.4. The molecule has 192 valence electrons. The normalized spacial score (nSPS) is 11.8. The number of hydrogen-bond acceptors (Lipinski definition) is 0. The van der Waals surface area contributed by atoms with E-state index in [1.165, 1.54) is 0 Å². The van der Waals surface area contributed by atoms with Crippen LogP contribution in [0.15, 0.2) is 48.5 Å². The molecular weight excluding hydrogens is 543 g/mol. The van der Waals surface area contributed by atoms with Crippen LogP contribution in [0, 0.1) is 69.8 Å². The lowest BCUT2D eigenvalue weighted by molar-refractivity contribution is 0.446. The van der Waals surface area contributed by atoms with Crippen molar-refractivity contribution >= 4 is 30.8 Å². The Morgan fingerprint density at radius 2 is 0.459 bits per heavy atom. The molecule has 4 aromatic carbocycles. The minimum Gasteiger partial charge on any atom is -0.208 e. The molecule has 0 saturated carbocycles. The average molecular weight is 551 g/mol. The van der Waals surface area contributed by atoms with Gasteiger partial charge in [-0.3, -0.25) is 0 Å². The predicted octanol–water partition coefficient (Wildman–Crippen LogP) is 4.73. The van der Waals surface area contributed by atoms with Gasteiger partial charge in [-0.05, 0) is 24.3 Å². The molecule has 0 N–H and O–H groups in total. The Labute approximate surface area is 202 Å². The minimum absolute atomic E-state index is 0.218. The summed E-state index contributed by atoms with van der Waals surface area (Å²) >= 11 is -6.27. The molecule has 0 saturated heterocycles. The van der Waals surface area contributed by atoms with Gasteiger partial charge in [-0.25, -0.2) is 52.7 Å². The Balaban J connectivity index is 2.39. The van der Waals surface area contributed by atoms with Gasteiger partial charge in [0.15, 0.2) is 46.5 Å². The molecular formula is C24H8AlF12-. The molecule has 0 spiro atoms. The van der Waals surface area contributed by atoms with Gasteiger partial charge in [-0.2, -0.15) is 17.7 Å². The summed E-state index contributed by atoms with van der Waals surface area (Å²) in [6.07, 6.45) is 0. The van der Waals surface area contributed by atoms with Gasteiger partial charge < -0.3 is 0 Å². The van der Waals surface area contributed by atoms with Crippen LogP contribution in [-0.4, -0.2) is 13.1 Å². The van der Waals surface area contributed by atoms with Crippen molar-refractivity contribution in [3.63, 3.8) is 0 Å². The molecule has 0 nitrogen and oxygen atoms in total. The maximum atomic E-state index is 15.3. The molecule has 0 atom stereocenters. The van der Waals surface area contributed by atoms with E-state index in [4.69, 9.17) is 0 Å². The molecule has 0 fully saturated rings. The fourth-order valence-electron chi connectivity index (χ4n) is 4.51. The second kappa shape index (κ2) is 9.46. The highest BCUT2D eigenvalue weighted by Gasteiger charge is 2.46. The molecule has 0 unspecified atom stereocenters. The second-order valence-electron chi connectivity index (χ2n) is 7.92. The lowest BCUT2D eigenvalue weighted by Gasteiger charge is -2.41. The van der Waals surface area contributed by atoms with Crippen LogP contribution in [0.25, 0.3) is 0 Å². The van der Waals surface area contributed by atoms with Crippen LogP contribution in [0.2, 0.25) is 0 Å². The van der Waals surface area contributed by atoms with Crippen molar-refractivity contribution in [2.24, 2.45) is 0 Å². The predicted molar refractivity (Wildman–Crippen MR) is 110 cm³/mol. The van der Waals surface area contributed by atoms with Gasteiger partial charge in [0.2, 0.25) is 0 Å². The van der Waals surface area contributed by atoms with E-state index in [0.29, 0.717) is 24.3 Å². The quantitative estimate of drug-likeness (QED) is 0.196. The third kappa shape index (κ3) is 3.88. The maximum Gasteiger partial charge on any atom is 0.282 e. The summed E-state index contributed by atoms with van der Waals surface area (Å²) in [5, 5.41) is 0. The zero-order valence-corrected chi connectivity index (χ0v) is 18.9. The fraction of sp³-hybridized carbons (Fsp3) is 0. The average Bonchev–Trinajstić information content (AvgIpc) is 2.86. The molecule has 13 heteroatoms. The number of benzene rings is 4. The summed E-state index contributed by atoms with van der Waals surface area (Å²) in [5.41, 5.74) is 0. The molecule has 0 bridgehead atoms. The van der Waals surface area contributed by atoms with Crippen molar-refractivity contribution in [3.8, 4) is 0 Å². The van der Waals surface area contributed by atoms with E-state index in [1.807, 2.05) is 0 Å². The highest BCUT2D eigenvalue weighted by Crippen LogP contribution is 2.23. The molecule has 0 aliphatic heterocycles. The van der Waals surface area contributed by atoms with Gasteiger partial charge in [0.05, 0.1) is 0 Å². The van der Waals surface area contributed by atoms with E-state index in [1.54, 1.807) is 0 Å². The summed E-state index contributed by atoms with van der Waals surface area (Å²) in [6, 6.07) is 2.26. The van der Waals surface area contributed by atoms with Crippen LogP contribution in [-0.2, 0) is 0 Å². The van der Waals surface area contributed by atoms with Crippen LogP contribution in [0.1, 0.15) is 0 Å². The summed E-state index contributed by atoms with van der Waals surface area (Å²) in [7, 11) is 0. The summed E-state index contributed by atoms with van der Waals surface area (Å²) < 4.78 is 169. The second-order valence-corrected chi connectivity index (χ2v) is 12.1. The number of rotatable bonds is 4. The van der Waals surface area contributed by atoms with E-state index in [0.717, 1.165) is 0 Å². The fourth-order valence-corrected chi connectivity index (χ4v) is 10.1. The van der Waals surface area contributed by atoms with Gasteiger partial charge in [0.1, 0.15) is 23.3 Å². The largest absolute Gasteiger partial charge is 0.282 e. The molecule has 0 amide bonds. The van der Waals surface area contributed by atoms with E-state index in [9.17, 15) is 35.1 Å². The first kappa shape index (κ1) is 26.6. The van der Waals surface area contributed by atoms with E-state index >= 15 is 17.6 Å². The molecule has 0 aliphatic rings. The smallest absolute Gasteiger partial charge is 0.208 e. The van der Waals surface area contributed by atoms with Crippen LogP contribution in [0.4, 0.5) is 52.7 Å². The lowest BCUT2D eigenvalue weighted by atomic mass is 10.3. The molecule has 0 heterocycles. The van der Waals surface area contributed by atoms with Gasteiger partial charge in [-0.15, -0.1) is 0 Å². The van der Waals surface area contributed by atoms with Crippen LogP contribution < -0.4 is 17.7 Å². The SMILES string of the molecule is Fc1cc[c]([Al-]([c]2ccc(F)c(F)c2F)([c]2ccc(F)c(F)c2F)[c]2ccc(F)c(F)c2F)c(F)c1F. The van der Waals surface area contributed by atoms with Crippen molar-refractivity contribution in [1.82, 2.24) is 0 Å². The van der Waals surface area contributed by atoms with Crippen LogP contribution >= 0.6 is 0 Å². The molecule has 0 radical (unpaired) electrons. The van der Waals surface area contributed by atoms with Crippen LogP contribution in [0.3, 0.4) is 0 Å². The number of halogens is 12. The third-order valence-corrected chi connectivity index (χ3v) is 11.6. The van der Waals surface area contributed by atoms with Gasteiger partial charge in [0, 0.05) is 0 Å². The highest BCUT2D eigenvalue weighted by atomic mass is 27.2. The zero-order valence-electron chi connectivity index (χ0n) is 17.7. The summed E-state index contributed by atoms with van der Waals surface area (Å²) in [6.45, 7) is 0. The molecule has 0 aliphatic carbocycles. The molecule has 4 rings (SSSR count). The van der Waals surface area contributed by atoms with Crippen molar-refractivity contribution in [3.05, 3.63) is 118 Å². The van der Waals surface area contributed by atoms with Crippen LogP contribution in [0.5, 0.6) is 0 Å². The van der Waals surface area contributed by atoms with Crippen molar-refractivity contribution in [1.29, 1.82) is 0 Å². The van der Waals surface area contributed by atoms with Crippen molar-refractivity contribution in [2.75, 3.05) is 0 Å². The van der Waals surface area contributed by atoms with E-state index in [2.05, 4.69) is 0 Å². The standard InChI is InChI=1S/4C6H2F3.Al/c4*7-4-2-1-3-5(8)6(4)9;/h4*1-2H;/q;;;;-1. The van der Waals surface area contributed by atoms with E-state index < -0.39 is 101 Å². The number of hydrogen-bond donors (Lipinski definition) is 0. The minimum atomic E-state index is -6.27. The Kier molecular flexibility index (Phi) is 6.81. The molecule has 0 aromatic heterocycles. The maximum absolute atomic E-state index is 15.3. The van der Waals surface area contributed by atoms with E-state index in [-0.39, 0.29) is 24.3 Å². The Morgan fingerprint density at radius 3 is 0.649 bits per heavy atom. The summed E-state index contributed by atoms with van der Waals surface area (Å²) in [4.78, 5) is 0. The zero-order chi connectivity index (χ0) is 27.4. The van der Waals surface area contributed by atoms with Gasteiger partial charge in [0.25, 0.3) is 13.1 Å². The van der Waals surface area contributed by atoms with Crippen molar-refractivity contribution < 1.29 is 52.7 Å². The molecule has 37 heavy (non-hydrogen) atoms. The first-order valence-electron chi connectivity index (χ1n) is 10.1. The Morgan fingerprint density at radius 1 is 0.270 bits per heavy atom. The van der Waals surface area contributed by atoms with Crippen molar-refractivity contribution in [2.45, 2.75) is 0 Å². The highest BCUT2D eigenvalue weighted by molar-refractivity contribution is 7.20. The lowest BCUT2D eigenvalue weighted by Crippen LogP contribution is -2.78.